The van der Waals surface area contributed by atoms with Gasteiger partial charge in [0.25, 0.3) is 0 Å². The van der Waals surface area contributed by atoms with Gasteiger partial charge in [0.15, 0.2) is 0 Å². The van der Waals surface area contributed by atoms with Crippen LogP contribution in [0.25, 0.3) is 11.0 Å². The molecule has 0 aliphatic carbocycles. The molecule has 2 aromatic rings. The number of benzene rings is 1. The summed E-state index contributed by atoms with van der Waals surface area (Å²) >= 11 is 0. The van der Waals surface area contributed by atoms with Gasteiger partial charge in [-0.1, -0.05) is 0 Å². The summed E-state index contributed by atoms with van der Waals surface area (Å²) in [5.74, 6) is 0. The van der Waals surface area contributed by atoms with Crippen LogP contribution in [-0.4, -0.2) is 41.0 Å². The molecule has 3 N–H and O–H groups in total. The summed E-state index contributed by atoms with van der Waals surface area (Å²) in [6.07, 6.45) is 3.44. The quantitative estimate of drug-likeness (QED) is 0.723. The fourth-order valence-electron chi connectivity index (χ4n) is 2.82. The van der Waals surface area contributed by atoms with Crippen molar-refractivity contribution in [2.24, 2.45) is 0 Å². The van der Waals surface area contributed by atoms with Gasteiger partial charge in [-0.2, -0.15) is 0 Å². The van der Waals surface area contributed by atoms with E-state index < -0.39 is 11.1 Å². The van der Waals surface area contributed by atoms with Crippen LogP contribution in [0.2, 0.25) is 0 Å². The molecule has 1 fully saturated rings. The maximum atomic E-state index is 11.4. The Morgan fingerprint density at radius 1 is 1.10 bits per heavy atom. The molecule has 0 bridgehead atoms. The number of H-pyrrole nitrogens is 2. The Balaban J connectivity index is 1.82. The molecule has 21 heavy (non-hydrogen) atoms. The molecule has 1 saturated heterocycles. The molecule has 1 aliphatic heterocycles. The van der Waals surface area contributed by atoms with Crippen molar-refractivity contribution in [1.82, 2.24) is 14.9 Å². The van der Waals surface area contributed by atoms with Crippen molar-refractivity contribution in [2.75, 3.05) is 25.5 Å². The first-order chi connectivity index (χ1) is 10.1. The third-order valence-corrected chi connectivity index (χ3v) is 4.04. The van der Waals surface area contributed by atoms with Crippen LogP contribution in [0.3, 0.4) is 0 Å². The highest BCUT2D eigenvalue weighted by Gasteiger charge is 2.14. The highest BCUT2D eigenvalue weighted by Crippen LogP contribution is 2.19. The first-order valence-corrected chi connectivity index (χ1v) is 7.33. The molecule has 1 unspecified atom stereocenters. The fraction of sp³-hybridized carbons (Fsp3) is 0.467. The number of aromatic nitrogens is 2. The van der Waals surface area contributed by atoms with Crippen LogP contribution in [0.1, 0.15) is 19.3 Å². The predicted molar refractivity (Wildman–Crippen MR) is 83.9 cm³/mol. The van der Waals surface area contributed by atoms with Gasteiger partial charge in [0.05, 0.1) is 11.0 Å². The van der Waals surface area contributed by atoms with Crippen molar-refractivity contribution in [2.45, 2.75) is 25.3 Å². The summed E-state index contributed by atoms with van der Waals surface area (Å²) < 4.78 is 0. The fourth-order valence-corrected chi connectivity index (χ4v) is 2.82. The van der Waals surface area contributed by atoms with Crippen molar-refractivity contribution in [3.05, 3.63) is 38.9 Å². The Morgan fingerprint density at radius 3 is 2.67 bits per heavy atom. The lowest BCUT2D eigenvalue weighted by molar-refractivity contribution is 0.348. The van der Waals surface area contributed by atoms with Gasteiger partial charge in [0.1, 0.15) is 0 Å². The highest BCUT2D eigenvalue weighted by atomic mass is 16.2. The van der Waals surface area contributed by atoms with Crippen molar-refractivity contribution >= 4 is 16.7 Å². The van der Waals surface area contributed by atoms with Crippen LogP contribution in [0.15, 0.2) is 27.8 Å². The SMILES string of the molecule is CN1CCCC(Nc2ccc3[nH]c(=O)c(=O)[nH]c3c2)CC1. The third kappa shape index (κ3) is 3.16. The molecule has 6 heteroatoms. The number of aromatic amines is 2. The third-order valence-electron chi connectivity index (χ3n) is 4.04. The standard InChI is InChI=1S/C15H20N4O2/c1-19-7-2-3-10(6-8-19)16-11-4-5-12-13(9-11)18-15(21)14(20)17-12/h4-5,9-10,16H,2-3,6-8H2,1H3,(H,17,20)(H,18,21). The van der Waals surface area contributed by atoms with Crippen LogP contribution in [0, 0.1) is 0 Å². The second kappa shape index (κ2) is 5.73. The average Bonchev–Trinajstić information content (AvgIpc) is 2.65. The topological polar surface area (TPSA) is 81.0 Å². The highest BCUT2D eigenvalue weighted by molar-refractivity contribution is 5.78. The minimum atomic E-state index is -0.616. The summed E-state index contributed by atoms with van der Waals surface area (Å²) in [6, 6.07) is 6.08. The summed E-state index contributed by atoms with van der Waals surface area (Å²) in [4.78, 5) is 30.2. The van der Waals surface area contributed by atoms with Gasteiger partial charge in [0.2, 0.25) is 0 Å². The molecule has 0 saturated carbocycles. The van der Waals surface area contributed by atoms with Crippen LogP contribution < -0.4 is 16.4 Å². The van der Waals surface area contributed by atoms with E-state index in [1.165, 1.54) is 6.42 Å². The molecule has 6 nitrogen and oxygen atoms in total. The molecule has 0 amide bonds. The zero-order valence-electron chi connectivity index (χ0n) is 12.1. The Hall–Kier alpha value is -2.08. The molecular weight excluding hydrogens is 268 g/mol. The molecule has 3 rings (SSSR count). The van der Waals surface area contributed by atoms with E-state index in [1.54, 1.807) is 0 Å². The van der Waals surface area contributed by atoms with E-state index >= 15 is 0 Å². The number of nitrogens with one attached hydrogen (secondary N) is 3. The van der Waals surface area contributed by atoms with Crippen molar-refractivity contribution < 1.29 is 0 Å². The zero-order chi connectivity index (χ0) is 14.8. The average molecular weight is 288 g/mol. The van der Waals surface area contributed by atoms with Gasteiger partial charge in [-0.15, -0.1) is 0 Å². The lowest BCUT2D eigenvalue weighted by Crippen LogP contribution is -2.29. The number of rotatable bonds is 2. The molecule has 112 valence electrons. The van der Waals surface area contributed by atoms with Gasteiger partial charge in [-0.3, -0.25) is 9.59 Å². The summed E-state index contributed by atoms with van der Waals surface area (Å²) in [7, 11) is 2.15. The maximum Gasteiger partial charge on any atom is 0.314 e. The number of likely N-dealkylation sites (tertiary alicyclic amines) is 1. The lowest BCUT2D eigenvalue weighted by Gasteiger charge is -2.18. The minimum absolute atomic E-state index is 0.446. The maximum absolute atomic E-state index is 11.4. The number of hydrogen-bond donors (Lipinski definition) is 3. The predicted octanol–water partition coefficient (Wildman–Crippen LogP) is 1.11. The molecule has 0 spiro atoms. The van der Waals surface area contributed by atoms with Gasteiger partial charge >= 0.3 is 11.1 Å². The molecule has 2 heterocycles. The monoisotopic (exact) mass is 288 g/mol. The van der Waals surface area contributed by atoms with Crippen LogP contribution in [0.5, 0.6) is 0 Å². The summed E-state index contributed by atoms with van der Waals surface area (Å²) in [6.45, 7) is 2.24. The largest absolute Gasteiger partial charge is 0.382 e. The second-order valence-corrected chi connectivity index (χ2v) is 5.74. The molecule has 1 atom stereocenters. The molecule has 1 aliphatic rings. The van der Waals surface area contributed by atoms with Gasteiger partial charge in [0, 0.05) is 11.7 Å². The Labute approximate surface area is 122 Å². The minimum Gasteiger partial charge on any atom is -0.382 e. The molecule has 1 aromatic carbocycles. The number of hydrogen-bond acceptors (Lipinski definition) is 4. The Kier molecular flexibility index (Phi) is 3.79. The summed E-state index contributed by atoms with van der Waals surface area (Å²) in [5.41, 5.74) is 1.03. The van der Waals surface area contributed by atoms with Crippen molar-refractivity contribution in [3.63, 3.8) is 0 Å². The Bertz CT molecular complexity index is 749. The number of fused-ring (bicyclic) bond motifs is 1. The van der Waals surface area contributed by atoms with Crippen LogP contribution in [0.4, 0.5) is 5.69 Å². The van der Waals surface area contributed by atoms with Crippen LogP contribution >= 0.6 is 0 Å². The first-order valence-electron chi connectivity index (χ1n) is 7.33. The van der Waals surface area contributed by atoms with E-state index in [9.17, 15) is 9.59 Å². The van der Waals surface area contributed by atoms with Gasteiger partial charge < -0.3 is 20.2 Å². The van der Waals surface area contributed by atoms with Crippen LogP contribution in [-0.2, 0) is 0 Å². The normalized spacial score (nSPS) is 20.3. The molecule has 1 aromatic heterocycles. The van der Waals surface area contributed by atoms with Gasteiger partial charge in [-0.25, -0.2) is 0 Å². The van der Waals surface area contributed by atoms with E-state index in [0.29, 0.717) is 17.1 Å². The zero-order valence-corrected chi connectivity index (χ0v) is 12.1. The van der Waals surface area contributed by atoms with E-state index in [1.807, 2.05) is 18.2 Å². The number of nitrogens with zero attached hydrogens (tertiary/aromatic N) is 1. The van der Waals surface area contributed by atoms with E-state index in [0.717, 1.165) is 31.6 Å². The van der Waals surface area contributed by atoms with E-state index in [2.05, 4.69) is 27.2 Å². The van der Waals surface area contributed by atoms with Gasteiger partial charge in [-0.05, 0) is 57.6 Å². The molecular formula is C15H20N4O2. The van der Waals surface area contributed by atoms with Crippen molar-refractivity contribution in [3.8, 4) is 0 Å². The smallest absolute Gasteiger partial charge is 0.314 e. The summed E-state index contributed by atoms with van der Waals surface area (Å²) in [5, 5.41) is 3.53. The van der Waals surface area contributed by atoms with E-state index in [4.69, 9.17) is 0 Å². The lowest BCUT2D eigenvalue weighted by atomic mass is 10.1. The molecule has 0 radical (unpaired) electrons. The Morgan fingerprint density at radius 2 is 1.86 bits per heavy atom. The second-order valence-electron chi connectivity index (χ2n) is 5.74. The number of anilines is 1. The van der Waals surface area contributed by atoms with E-state index in [-0.39, 0.29) is 0 Å². The van der Waals surface area contributed by atoms with Crippen molar-refractivity contribution in [1.29, 1.82) is 0 Å². The first kappa shape index (κ1) is 13.9.